The Kier molecular flexibility index (Phi) is 7.07. The minimum absolute atomic E-state index is 0.0511. The molecule has 0 radical (unpaired) electrons. The van der Waals surface area contributed by atoms with E-state index in [2.05, 4.69) is 40.9 Å². The molecule has 11 nitrogen and oxygen atoms in total. The Balaban J connectivity index is 1.25. The lowest BCUT2D eigenvalue weighted by Crippen LogP contribution is -2.50. The van der Waals surface area contributed by atoms with Crippen LogP contribution in [0.1, 0.15) is 25.7 Å². The molecule has 6 rings (SSSR count). The highest BCUT2D eigenvalue weighted by atomic mass is 19.1. The summed E-state index contributed by atoms with van der Waals surface area (Å²) in [6.45, 7) is 3.06. The van der Waals surface area contributed by atoms with Crippen LogP contribution >= 0.6 is 0 Å². The molecular formula is C27H34FN9O2. The van der Waals surface area contributed by atoms with Crippen molar-refractivity contribution in [2.75, 3.05) is 37.4 Å². The molecule has 1 unspecified atom stereocenters. The van der Waals surface area contributed by atoms with Crippen molar-refractivity contribution in [1.29, 1.82) is 0 Å². The van der Waals surface area contributed by atoms with Crippen LogP contribution in [0.5, 0.6) is 5.88 Å². The fraction of sp³-hybridized carbons (Fsp3) is 0.444. The third-order valence-corrected chi connectivity index (χ3v) is 7.74. The number of hydrogen-bond donors (Lipinski definition) is 5. The number of aromatic nitrogens is 5. The molecule has 2 saturated heterocycles. The predicted molar refractivity (Wildman–Crippen MR) is 148 cm³/mol. The fourth-order valence-electron chi connectivity index (χ4n) is 5.91. The average molecular weight is 536 g/mol. The van der Waals surface area contributed by atoms with Gasteiger partial charge >= 0.3 is 0 Å². The standard InChI is InChI=1S/C27H34FN9O2/c1-36-15-21(26(35-36)39-2)33-27-31-14-19(28)23(34-27)18-13-30-24-17(18)5-3-6-20(24)32-25(38)22-7-4-12-37(22)16-8-10-29-11-9-16/h3,5-6,13-16,22,25,29-30,32,38H,4,7-12H2,1-2H3,(H,31,33,34)/t22?,25-/m1/s1. The number of likely N-dealkylation sites (tertiary alicyclic amines) is 1. The van der Waals surface area contributed by atoms with Crippen LogP contribution in [-0.2, 0) is 7.05 Å². The molecule has 12 heteroatoms. The van der Waals surface area contributed by atoms with Crippen LogP contribution in [0.25, 0.3) is 22.2 Å². The molecule has 0 bridgehead atoms. The van der Waals surface area contributed by atoms with Crippen LogP contribution in [0.4, 0.5) is 21.7 Å². The van der Waals surface area contributed by atoms with Gasteiger partial charge < -0.3 is 30.8 Å². The van der Waals surface area contributed by atoms with Gasteiger partial charge in [-0.3, -0.25) is 9.58 Å². The number of aromatic amines is 1. The summed E-state index contributed by atoms with van der Waals surface area (Å²) < 4.78 is 21.9. The number of aliphatic hydroxyl groups excluding tert-OH is 1. The first-order valence-electron chi connectivity index (χ1n) is 13.4. The number of ether oxygens (including phenoxy) is 1. The Bertz CT molecular complexity index is 1450. The monoisotopic (exact) mass is 535 g/mol. The summed E-state index contributed by atoms with van der Waals surface area (Å²) >= 11 is 0. The third kappa shape index (κ3) is 5.02. The van der Waals surface area contributed by atoms with Crippen LogP contribution < -0.4 is 20.7 Å². The van der Waals surface area contributed by atoms with Crippen LogP contribution in [0.15, 0.2) is 36.8 Å². The van der Waals surface area contributed by atoms with E-state index in [4.69, 9.17) is 4.74 Å². The van der Waals surface area contributed by atoms with Gasteiger partial charge in [0.2, 0.25) is 5.95 Å². The molecule has 39 heavy (non-hydrogen) atoms. The molecule has 4 aromatic rings. The van der Waals surface area contributed by atoms with Crippen LogP contribution in [0, 0.1) is 5.82 Å². The lowest BCUT2D eigenvalue weighted by molar-refractivity contribution is 0.0566. The van der Waals surface area contributed by atoms with Gasteiger partial charge in [-0.05, 0) is 51.4 Å². The number of hydrogen-bond acceptors (Lipinski definition) is 9. The highest BCUT2D eigenvalue weighted by molar-refractivity contribution is 6.01. The van der Waals surface area contributed by atoms with Crippen molar-refractivity contribution in [3.05, 3.63) is 42.6 Å². The number of rotatable bonds is 8. The van der Waals surface area contributed by atoms with Crippen molar-refractivity contribution in [2.45, 2.75) is 44.0 Å². The summed E-state index contributed by atoms with van der Waals surface area (Å²) in [4.78, 5) is 14.3. The van der Waals surface area contributed by atoms with Crippen molar-refractivity contribution in [3.8, 4) is 17.1 Å². The van der Waals surface area contributed by atoms with E-state index in [0.29, 0.717) is 23.2 Å². The van der Waals surface area contributed by atoms with Gasteiger partial charge in [0, 0.05) is 30.2 Å². The van der Waals surface area contributed by atoms with E-state index in [0.717, 1.165) is 68.1 Å². The maximum absolute atomic E-state index is 15.0. The normalized spacial score (nSPS) is 19.4. The highest BCUT2D eigenvalue weighted by Gasteiger charge is 2.36. The van der Waals surface area contributed by atoms with Gasteiger partial charge in [0.15, 0.2) is 5.82 Å². The Labute approximate surface area is 225 Å². The minimum atomic E-state index is -0.721. The molecule has 5 heterocycles. The summed E-state index contributed by atoms with van der Waals surface area (Å²) in [5, 5.41) is 26.1. The topological polar surface area (TPSA) is 128 Å². The van der Waals surface area contributed by atoms with E-state index in [1.165, 1.54) is 7.11 Å². The van der Waals surface area contributed by atoms with Gasteiger partial charge in [-0.25, -0.2) is 14.4 Å². The Morgan fingerprint density at radius 2 is 2.05 bits per heavy atom. The van der Waals surface area contributed by atoms with Gasteiger partial charge in [-0.1, -0.05) is 12.1 Å². The quantitative estimate of drug-likeness (QED) is 0.216. The van der Waals surface area contributed by atoms with Gasteiger partial charge in [0.05, 0.1) is 36.7 Å². The van der Waals surface area contributed by atoms with E-state index in [1.54, 1.807) is 24.1 Å². The lowest BCUT2D eigenvalue weighted by atomic mass is 10.0. The molecule has 0 amide bonds. The van der Waals surface area contributed by atoms with Crippen molar-refractivity contribution in [2.24, 2.45) is 7.05 Å². The molecule has 0 saturated carbocycles. The molecule has 3 aromatic heterocycles. The van der Waals surface area contributed by atoms with Crippen LogP contribution in [0.3, 0.4) is 0 Å². The van der Waals surface area contributed by atoms with E-state index in [-0.39, 0.29) is 17.7 Å². The highest BCUT2D eigenvalue weighted by Crippen LogP contribution is 2.35. The molecule has 2 aliphatic heterocycles. The zero-order chi connectivity index (χ0) is 26.9. The smallest absolute Gasteiger partial charge is 0.256 e. The maximum Gasteiger partial charge on any atom is 0.256 e. The minimum Gasteiger partial charge on any atom is -0.478 e. The predicted octanol–water partition coefficient (Wildman–Crippen LogP) is 3.20. The van der Waals surface area contributed by atoms with Gasteiger partial charge in [0.1, 0.15) is 17.6 Å². The molecule has 1 aromatic carbocycles. The zero-order valence-electron chi connectivity index (χ0n) is 22.1. The maximum atomic E-state index is 15.0. The van der Waals surface area contributed by atoms with Gasteiger partial charge in [-0.15, -0.1) is 5.10 Å². The average Bonchev–Trinajstić information content (AvgIpc) is 3.69. The number of aryl methyl sites for hydroxylation is 1. The summed E-state index contributed by atoms with van der Waals surface area (Å²) in [5.74, 6) is 0.0619. The molecule has 5 N–H and O–H groups in total. The number of H-pyrrole nitrogens is 1. The number of anilines is 3. The number of nitrogens with zero attached hydrogens (tertiary/aromatic N) is 5. The number of fused-ring (bicyclic) bond motifs is 1. The van der Waals surface area contributed by atoms with Gasteiger partial charge in [-0.2, -0.15) is 0 Å². The van der Waals surface area contributed by atoms with E-state index < -0.39 is 12.0 Å². The summed E-state index contributed by atoms with van der Waals surface area (Å²) in [5.41, 5.74) is 2.87. The molecule has 206 valence electrons. The largest absolute Gasteiger partial charge is 0.478 e. The molecule has 0 spiro atoms. The lowest BCUT2D eigenvalue weighted by Gasteiger charge is -2.38. The first-order chi connectivity index (χ1) is 19.0. The molecule has 2 atom stereocenters. The number of aliphatic hydroxyl groups is 1. The third-order valence-electron chi connectivity index (χ3n) is 7.74. The van der Waals surface area contributed by atoms with Crippen molar-refractivity contribution in [1.82, 2.24) is 34.9 Å². The van der Waals surface area contributed by atoms with Crippen LogP contribution in [-0.4, -0.2) is 79.8 Å². The van der Waals surface area contributed by atoms with E-state index in [1.807, 2.05) is 18.2 Å². The number of piperidine rings is 1. The number of methoxy groups -OCH3 is 1. The molecule has 0 aliphatic carbocycles. The van der Waals surface area contributed by atoms with Crippen molar-refractivity contribution >= 4 is 28.2 Å². The van der Waals surface area contributed by atoms with Crippen molar-refractivity contribution in [3.63, 3.8) is 0 Å². The first-order valence-corrected chi connectivity index (χ1v) is 13.4. The second-order valence-electron chi connectivity index (χ2n) is 10.2. The Morgan fingerprint density at radius 3 is 2.87 bits per heavy atom. The molecule has 2 aliphatic rings. The number of nitrogens with one attached hydrogen (secondary N) is 4. The first kappa shape index (κ1) is 25.5. The summed E-state index contributed by atoms with van der Waals surface area (Å²) in [6, 6.07) is 6.28. The summed E-state index contributed by atoms with van der Waals surface area (Å²) in [7, 11) is 3.30. The number of benzene rings is 1. The number of halogens is 1. The van der Waals surface area contributed by atoms with Crippen molar-refractivity contribution < 1.29 is 14.2 Å². The summed E-state index contributed by atoms with van der Waals surface area (Å²) in [6.07, 6.45) is 8.14. The van der Waals surface area contributed by atoms with E-state index in [9.17, 15) is 5.11 Å². The zero-order valence-corrected chi connectivity index (χ0v) is 22.1. The second-order valence-corrected chi connectivity index (χ2v) is 10.2. The number of para-hydroxylation sites is 1. The molecular weight excluding hydrogens is 501 g/mol. The second kappa shape index (κ2) is 10.8. The molecule has 2 fully saturated rings. The van der Waals surface area contributed by atoms with E-state index >= 15 is 4.39 Å². The Hall–Kier alpha value is -3.74. The van der Waals surface area contributed by atoms with Gasteiger partial charge in [0.25, 0.3) is 5.88 Å². The Morgan fingerprint density at radius 1 is 1.21 bits per heavy atom. The fourth-order valence-corrected chi connectivity index (χ4v) is 5.91. The SMILES string of the molecule is COc1nn(C)cc1Nc1ncc(F)c(-c2c[nH]c3c(N[C@H](O)C4CCCN4C4CCNCC4)cccc23)n1. The van der Waals surface area contributed by atoms with Crippen LogP contribution in [0.2, 0.25) is 0 Å².